The number of benzene rings is 1. The second-order valence-corrected chi connectivity index (χ2v) is 7.77. The maximum Gasteiger partial charge on any atom is 0.256 e. The van der Waals surface area contributed by atoms with Gasteiger partial charge in [-0.3, -0.25) is 9.59 Å². The first-order chi connectivity index (χ1) is 13.9. The fraction of sp³-hybridized carbons (Fsp3) is 0.435. The summed E-state index contributed by atoms with van der Waals surface area (Å²) in [5.41, 5.74) is 0.899. The van der Waals surface area contributed by atoms with Crippen LogP contribution in [-0.2, 0) is 0 Å². The van der Waals surface area contributed by atoms with Crippen LogP contribution in [0.5, 0.6) is 11.6 Å². The van der Waals surface area contributed by atoms with Crippen molar-refractivity contribution in [2.75, 3.05) is 6.54 Å². The lowest BCUT2D eigenvalue weighted by Gasteiger charge is -2.30. The van der Waals surface area contributed by atoms with Crippen LogP contribution >= 0.6 is 0 Å². The van der Waals surface area contributed by atoms with E-state index in [0.29, 0.717) is 35.3 Å². The monoisotopic (exact) mass is 396 g/mol. The number of hydrogen-bond donors (Lipinski definition) is 2. The predicted molar refractivity (Wildman–Crippen MR) is 110 cm³/mol. The molecule has 154 valence electrons. The standard InChI is InChI=1S/C23H28N2O4/c1-15(26)18-10-8-17(9-11-18)14-25-22(28)21-7-4-12-24-23(21)29-20-6-3-5-19(13-20)16(2)27/h3-7,12-13,15,17-18,26H,8-11,14H2,1-2H3,(H,25,28)/t15-,17?,18?/m1/s1. The van der Waals surface area contributed by atoms with Crippen molar-refractivity contribution in [1.82, 2.24) is 10.3 Å². The topological polar surface area (TPSA) is 88.5 Å². The number of Topliss-reactive ketones (excluding diaryl/α,β-unsaturated/α-hetero) is 1. The Morgan fingerprint density at radius 3 is 2.66 bits per heavy atom. The summed E-state index contributed by atoms with van der Waals surface area (Å²) in [4.78, 5) is 28.5. The number of aliphatic hydroxyl groups excluding tert-OH is 1. The SMILES string of the molecule is CC(=O)c1cccc(Oc2ncccc2C(=O)NCC2CCC([C@@H](C)O)CC2)c1. The largest absolute Gasteiger partial charge is 0.438 e. The molecule has 0 aliphatic heterocycles. The minimum Gasteiger partial charge on any atom is -0.438 e. The molecule has 1 fully saturated rings. The van der Waals surface area contributed by atoms with Crippen LogP contribution < -0.4 is 10.1 Å². The molecule has 1 amide bonds. The molecule has 1 aromatic heterocycles. The summed E-state index contributed by atoms with van der Waals surface area (Å²) in [6, 6.07) is 10.2. The van der Waals surface area contributed by atoms with Gasteiger partial charge in [0.25, 0.3) is 5.91 Å². The number of pyridine rings is 1. The summed E-state index contributed by atoms with van der Waals surface area (Å²) in [6.07, 6.45) is 5.30. The van der Waals surface area contributed by atoms with Crippen LogP contribution in [0, 0.1) is 11.8 Å². The lowest BCUT2D eigenvalue weighted by molar-refractivity contribution is 0.0839. The van der Waals surface area contributed by atoms with Gasteiger partial charge in [0.05, 0.1) is 6.10 Å². The van der Waals surface area contributed by atoms with Crippen molar-refractivity contribution >= 4 is 11.7 Å². The lowest BCUT2D eigenvalue weighted by atomic mass is 9.80. The lowest BCUT2D eigenvalue weighted by Crippen LogP contribution is -2.33. The number of rotatable bonds is 7. The minimum atomic E-state index is -0.262. The Bertz CT molecular complexity index is 857. The van der Waals surface area contributed by atoms with Crippen LogP contribution in [-0.4, -0.2) is 34.4 Å². The molecule has 0 saturated heterocycles. The normalized spacial score (nSPS) is 20.0. The molecule has 1 atom stereocenters. The van der Waals surface area contributed by atoms with E-state index in [1.165, 1.54) is 6.92 Å². The van der Waals surface area contributed by atoms with Gasteiger partial charge >= 0.3 is 0 Å². The van der Waals surface area contributed by atoms with E-state index in [9.17, 15) is 14.7 Å². The van der Waals surface area contributed by atoms with Crippen LogP contribution in [0.3, 0.4) is 0 Å². The number of aliphatic hydroxyl groups is 1. The second-order valence-electron chi connectivity index (χ2n) is 7.77. The number of carbonyl (C=O) groups excluding carboxylic acids is 2. The van der Waals surface area contributed by atoms with Gasteiger partial charge in [0.1, 0.15) is 11.3 Å². The van der Waals surface area contributed by atoms with Crippen LogP contribution in [0.15, 0.2) is 42.6 Å². The molecule has 1 aliphatic rings. The summed E-state index contributed by atoms with van der Waals surface area (Å²) in [5.74, 6) is 1.17. The molecule has 6 nitrogen and oxygen atoms in total. The average Bonchev–Trinajstić information content (AvgIpc) is 2.73. The molecule has 6 heteroatoms. The molecule has 1 saturated carbocycles. The molecular formula is C23H28N2O4. The van der Waals surface area contributed by atoms with Gasteiger partial charge in [0.15, 0.2) is 5.78 Å². The van der Waals surface area contributed by atoms with E-state index in [-0.39, 0.29) is 23.7 Å². The number of hydrogen-bond acceptors (Lipinski definition) is 5. The highest BCUT2D eigenvalue weighted by Gasteiger charge is 2.25. The molecule has 0 spiro atoms. The molecule has 2 N–H and O–H groups in total. The quantitative estimate of drug-likeness (QED) is 0.691. The van der Waals surface area contributed by atoms with Gasteiger partial charge in [-0.05, 0) is 75.6 Å². The van der Waals surface area contributed by atoms with Crippen molar-refractivity contribution in [2.45, 2.75) is 45.6 Å². The van der Waals surface area contributed by atoms with E-state index in [0.717, 1.165) is 25.7 Å². The minimum absolute atomic E-state index is 0.0558. The number of amides is 1. The zero-order valence-electron chi connectivity index (χ0n) is 16.9. The van der Waals surface area contributed by atoms with E-state index in [1.807, 2.05) is 6.92 Å². The highest BCUT2D eigenvalue weighted by Crippen LogP contribution is 2.30. The van der Waals surface area contributed by atoms with Gasteiger partial charge in [-0.15, -0.1) is 0 Å². The molecule has 2 aromatic rings. The Kier molecular flexibility index (Phi) is 6.99. The summed E-state index contributed by atoms with van der Waals surface area (Å²) in [6.45, 7) is 3.94. The van der Waals surface area contributed by atoms with Crippen LogP contribution in [0.1, 0.15) is 60.2 Å². The van der Waals surface area contributed by atoms with E-state index >= 15 is 0 Å². The van der Waals surface area contributed by atoms with Crippen molar-refractivity contribution in [3.63, 3.8) is 0 Å². The maximum atomic E-state index is 12.7. The summed E-state index contributed by atoms with van der Waals surface area (Å²) in [7, 11) is 0. The van der Waals surface area contributed by atoms with Crippen LogP contribution in [0.2, 0.25) is 0 Å². The average molecular weight is 396 g/mol. The van der Waals surface area contributed by atoms with Crippen LogP contribution in [0.25, 0.3) is 0 Å². The second kappa shape index (κ2) is 9.65. The molecule has 29 heavy (non-hydrogen) atoms. The summed E-state index contributed by atoms with van der Waals surface area (Å²) in [5, 5.41) is 12.7. The molecule has 0 radical (unpaired) electrons. The van der Waals surface area contributed by atoms with Gasteiger partial charge in [-0.2, -0.15) is 0 Å². The fourth-order valence-electron chi connectivity index (χ4n) is 3.74. The van der Waals surface area contributed by atoms with Crippen molar-refractivity contribution in [3.05, 3.63) is 53.7 Å². The zero-order valence-corrected chi connectivity index (χ0v) is 16.9. The van der Waals surface area contributed by atoms with Crippen molar-refractivity contribution in [1.29, 1.82) is 0 Å². The van der Waals surface area contributed by atoms with Gasteiger partial charge in [-0.25, -0.2) is 4.98 Å². The molecule has 1 aliphatic carbocycles. The van der Waals surface area contributed by atoms with Gasteiger partial charge in [0.2, 0.25) is 5.88 Å². The summed E-state index contributed by atoms with van der Waals surface area (Å²) >= 11 is 0. The third-order valence-corrected chi connectivity index (χ3v) is 5.60. The molecule has 0 bridgehead atoms. The van der Waals surface area contributed by atoms with Gasteiger partial charge < -0.3 is 15.2 Å². The molecule has 3 rings (SSSR count). The van der Waals surface area contributed by atoms with Crippen LogP contribution in [0.4, 0.5) is 0 Å². The first-order valence-electron chi connectivity index (χ1n) is 10.1. The fourth-order valence-corrected chi connectivity index (χ4v) is 3.74. The number of ketones is 1. The van der Waals surface area contributed by atoms with Crippen molar-refractivity contribution in [2.24, 2.45) is 11.8 Å². The highest BCUT2D eigenvalue weighted by molar-refractivity contribution is 5.96. The molecule has 1 heterocycles. The Morgan fingerprint density at radius 2 is 1.97 bits per heavy atom. The van der Waals surface area contributed by atoms with Crippen molar-refractivity contribution in [3.8, 4) is 11.6 Å². The first-order valence-corrected chi connectivity index (χ1v) is 10.1. The van der Waals surface area contributed by atoms with Gasteiger partial charge in [0, 0.05) is 18.3 Å². The van der Waals surface area contributed by atoms with E-state index in [1.54, 1.807) is 42.6 Å². The Labute approximate surface area is 171 Å². The smallest absolute Gasteiger partial charge is 0.256 e. The van der Waals surface area contributed by atoms with Gasteiger partial charge in [-0.1, -0.05) is 12.1 Å². The Morgan fingerprint density at radius 1 is 1.21 bits per heavy atom. The first kappa shape index (κ1) is 21.0. The summed E-state index contributed by atoms with van der Waals surface area (Å²) < 4.78 is 5.80. The number of aromatic nitrogens is 1. The van der Waals surface area contributed by atoms with Crippen molar-refractivity contribution < 1.29 is 19.4 Å². The molecule has 1 aromatic carbocycles. The van der Waals surface area contributed by atoms with E-state index < -0.39 is 0 Å². The van der Waals surface area contributed by atoms with E-state index in [4.69, 9.17) is 4.74 Å². The Hall–Kier alpha value is -2.73. The molecular weight excluding hydrogens is 368 g/mol. The predicted octanol–water partition coefficient (Wildman–Crippen LogP) is 3.99. The Balaban J connectivity index is 1.62. The third-order valence-electron chi connectivity index (χ3n) is 5.60. The van der Waals surface area contributed by atoms with E-state index in [2.05, 4.69) is 10.3 Å². The number of ether oxygens (including phenoxy) is 1. The zero-order chi connectivity index (χ0) is 20.8. The number of nitrogens with one attached hydrogen (secondary N) is 1. The highest BCUT2D eigenvalue weighted by atomic mass is 16.5. The number of nitrogens with zero attached hydrogens (tertiary/aromatic N) is 1. The number of carbonyl (C=O) groups is 2. The third kappa shape index (κ3) is 5.64. The maximum absolute atomic E-state index is 12.7. The molecule has 0 unspecified atom stereocenters.